The van der Waals surface area contributed by atoms with Gasteiger partial charge in [-0.2, -0.15) is 0 Å². The first-order valence-electron chi connectivity index (χ1n) is 6.70. The summed E-state index contributed by atoms with van der Waals surface area (Å²) in [5.74, 6) is -1.34. The summed E-state index contributed by atoms with van der Waals surface area (Å²) in [7, 11) is 0. The highest BCUT2D eigenvalue weighted by atomic mass is 16.4. The smallest absolute Gasteiger partial charge is 0.310 e. The van der Waals surface area contributed by atoms with Crippen molar-refractivity contribution in [2.24, 2.45) is 11.3 Å². The second-order valence-corrected chi connectivity index (χ2v) is 5.63. The van der Waals surface area contributed by atoms with E-state index >= 15 is 0 Å². The molecular weight excluding hydrogens is 256 g/mol. The molecule has 1 amide bonds. The van der Waals surface area contributed by atoms with Crippen molar-refractivity contribution in [3.8, 4) is 0 Å². The average molecular weight is 278 g/mol. The molecule has 0 radical (unpaired) electrons. The molecule has 1 unspecified atom stereocenters. The number of nitrogens with one attached hydrogen (secondary N) is 1. The van der Waals surface area contributed by atoms with E-state index in [1.165, 1.54) is 0 Å². The Morgan fingerprint density at radius 2 is 2.05 bits per heavy atom. The van der Waals surface area contributed by atoms with Crippen molar-refractivity contribution >= 4 is 11.9 Å². The summed E-state index contributed by atoms with van der Waals surface area (Å²) in [5, 5.41) is 12.1. The van der Waals surface area contributed by atoms with Crippen LogP contribution < -0.4 is 5.32 Å². The number of carboxylic acid groups (broad SMARTS) is 1. The molecular formula is C15H22N2O3. The molecule has 5 nitrogen and oxygen atoms in total. The zero-order valence-corrected chi connectivity index (χ0v) is 12.4. The highest BCUT2D eigenvalue weighted by Gasteiger charge is 2.38. The molecule has 0 aliphatic heterocycles. The Morgan fingerprint density at radius 1 is 1.40 bits per heavy atom. The second-order valence-electron chi connectivity index (χ2n) is 5.63. The van der Waals surface area contributed by atoms with Gasteiger partial charge in [0.25, 0.3) is 0 Å². The summed E-state index contributed by atoms with van der Waals surface area (Å²) in [4.78, 5) is 27.4. The maximum absolute atomic E-state index is 12.1. The number of carboxylic acids is 1. The topological polar surface area (TPSA) is 79.3 Å². The van der Waals surface area contributed by atoms with Crippen LogP contribution in [0.15, 0.2) is 24.5 Å². The number of pyridine rings is 1. The minimum Gasteiger partial charge on any atom is -0.481 e. The number of aliphatic carboxylic acids is 1. The van der Waals surface area contributed by atoms with Crippen molar-refractivity contribution in [1.29, 1.82) is 0 Å². The summed E-state index contributed by atoms with van der Waals surface area (Å²) >= 11 is 0. The first kappa shape index (κ1) is 16.1. The quantitative estimate of drug-likeness (QED) is 0.837. The Labute approximate surface area is 119 Å². The molecule has 1 aromatic heterocycles. The molecule has 110 valence electrons. The maximum atomic E-state index is 12.1. The van der Waals surface area contributed by atoms with Gasteiger partial charge in [-0.25, -0.2) is 0 Å². The van der Waals surface area contributed by atoms with Gasteiger partial charge in [0, 0.05) is 18.8 Å². The number of carbonyl (C=O) groups excluding carboxylic acids is 1. The lowest BCUT2D eigenvalue weighted by Gasteiger charge is -2.29. The van der Waals surface area contributed by atoms with Crippen LogP contribution in [0.1, 0.15) is 45.7 Å². The van der Waals surface area contributed by atoms with Gasteiger partial charge in [-0.05, 0) is 31.4 Å². The van der Waals surface area contributed by atoms with Crippen LogP contribution in [-0.2, 0) is 9.59 Å². The van der Waals surface area contributed by atoms with Crippen LogP contribution in [0.4, 0.5) is 0 Å². The third-order valence-electron chi connectivity index (χ3n) is 3.85. The van der Waals surface area contributed by atoms with Gasteiger partial charge < -0.3 is 10.4 Å². The molecule has 1 aromatic rings. The number of hydrogen-bond donors (Lipinski definition) is 2. The lowest BCUT2D eigenvalue weighted by atomic mass is 9.76. The van der Waals surface area contributed by atoms with Crippen LogP contribution in [-0.4, -0.2) is 22.0 Å². The summed E-state index contributed by atoms with van der Waals surface area (Å²) < 4.78 is 0. The molecule has 0 aliphatic carbocycles. The van der Waals surface area contributed by atoms with Gasteiger partial charge in [0.15, 0.2) is 0 Å². The first-order chi connectivity index (χ1) is 9.27. The van der Waals surface area contributed by atoms with Crippen LogP contribution >= 0.6 is 0 Å². The van der Waals surface area contributed by atoms with E-state index < -0.39 is 11.4 Å². The lowest BCUT2D eigenvalue weighted by molar-refractivity contribution is -0.153. The number of amides is 1. The maximum Gasteiger partial charge on any atom is 0.310 e. The van der Waals surface area contributed by atoms with Crippen LogP contribution in [0.25, 0.3) is 0 Å². The fraction of sp³-hybridized carbons (Fsp3) is 0.533. The fourth-order valence-corrected chi connectivity index (χ4v) is 1.87. The molecule has 20 heavy (non-hydrogen) atoms. The third kappa shape index (κ3) is 3.79. The second kappa shape index (κ2) is 6.50. The molecule has 0 aliphatic rings. The van der Waals surface area contributed by atoms with Gasteiger partial charge in [-0.1, -0.05) is 19.9 Å². The van der Waals surface area contributed by atoms with Crippen molar-refractivity contribution < 1.29 is 14.7 Å². The minimum atomic E-state index is -1.06. The van der Waals surface area contributed by atoms with E-state index in [2.05, 4.69) is 10.3 Å². The fourth-order valence-electron chi connectivity index (χ4n) is 1.87. The molecule has 0 saturated heterocycles. The van der Waals surface area contributed by atoms with Gasteiger partial charge in [0.2, 0.25) is 5.91 Å². The molecule has 1 heterocycles. The van der Waals surface area contributed by atoms with Crippen LogP contribution in [0.5, 0.6) is 0 Å². The molecule has 0 aromatic carbocycles. The Morgan fingerprint density at radius 3 is 2.50 bits per heavy atom. The van der Waals surface area contributed by atoms with E-state index in [1.807, 2.05) is 26.8 Å². The zero-order valence-electron chi connectivity index (χ0n) is 12.4. The lowest BCUT2D eigenvalue weighted by Crippen LogP contribution is -2.39. The minimum absolute atomic E-state index is 0.0371. The van der Waals surface area contributed by atoms with Crippen molar-refractivity contribution in [2.45, 2.75) is 40.2 Å². The molecule has 0 spiro atoms. The standard InChI is InChI=1S/C15H22N2O3/c1-10(2)15(4,14(19)20)8-13(18)17-11(3)12-6-5-7-16-9-12/h5-7,9-11H,8H2,1-4H3,(H,17,18)(H,19,20)/t11-,15?/m1/s1. The molecule has 0 fully saturated rings. The summed E-state index contributed by atoms with van der Waals surface area (Å²) in [6, 6.07) is 3.48. The number of aromatic nitrogens is 1. The molecule has 2 atom stereocenters. The normalized spacial score (nSPS) is 15.4. The van der Waals surface area contributed by atoms with Crippen LogP contribution in [0.3, 0.4) is 0 Å². The van der Waals surface area contributed by atoms with Crippen molar-refractivity contribution in [3.63, 3.8) is 0 Å². The van der Waals surface area contributed by atoms with E-state index in [9.17, 15) is 14.7 Å². The van der Waals surface area contributed by atoms with E-state index in [4.69, 9.17) is 0 Å². The predicted molar refractivity (Wildman–Crippen MR) is 76.0 cm³/mol. The average Bonchev–Trinajstić information content (AvgIpc) is 2.38. The summed E-state index contributed by atoms with van der Waals surface area (Å²) in [5.41, 5.74) is -0.166. The van der Waals surface area contributed by atoms with Gasteiger partial charge in [-0.3, -0.25) is 14.6 Å². The zero-order chi connectivity index (χ0) is 15.3. The Kier molecular flexibility index (Phi) is 5.25. The van der Waals surface area contributed by atoms with Gasteiger partial charge in [-0.15, -0.1) is 0 Å². The van der Waals surface area contributed by atoms with Crippen LogP contribution in [0.2, 0.25) is 0 Å². The monoisotopic (exact) mass is 278 g/mol. The third-order valence-corrected chi connectivity index (χ3v) is 3.85. The van der Waals surface area contributed by atoms with Gasteiger partial charge in [0.05, 0.1) is 11.5 Å². The summed E-state index contributed by atoms with van der Waals surface area (Å²) in [6.45, 7) is 7.08. The van der Waals surface area contributed by atoms with E-state index in [0.29, 0.717) is 0 Å². The summed E-state index contributed by atoms with van der Waals surface area (Å²) in [6.07, 6.45) is 3.31. The number of hydrogen-bond acceptors (Lipinski definition) is 3. The van der Waals surface area contributed by atoms with E-state index in [1.54, 1.807) is 25.4 Å². The molecule has 0 saturated carbocycles. The largest absolute Gasteiger partial charge is 0.481 e. The predicted octanol–water partition coefficient (Wildman–Crippen LogP) is 2.40. The number of rotatable bonds is 6. The SMILES string of the molecule is CC(C)C(C)(CC(=O)N[C@H](C)c1cccnc1)C(=O)O. The van der Waals surface area contributed by atoms with Gasteiger partial charge >= 0.3 is 5.97 Å². The van der Waals surface area contributed by atoms with E-state index in [0.717, 1.165) is 5.56 Å². The molecule has 2 N–H and O–H groups in total. The van der Waals surface area contributed by atoms with Gasteiger partial charge in [0.1, 0.15) is 0 Å². The number of carbonyl (C=O) groups is 2. The first-order valence-corrected chi connectivity index (χ1v) is 6.70. The Balaban J connectivity index is 2.70. The van der Waals surface area contributed by atoms with Crippen molar-refractivity contribution in [2.75, 3.05) is 0 Å². The Hall–Kier alpha value is -1.91. The highest BCUT2D eigenvalue weighted by Crippen LogP contribution is 2.31. The molecule has 5 heteroatoms. The van der Waals surface area contributed by atoms with Crippen molar-refractivity contribution in [3.05, 3.63) is 30.1 Å². The molecule has 1 rings (SSSR count). The number of nitrogens with zero attached hydrogens (tertiary/aromatic N) is 1. The van der Waals surface area contributed by atoms with Crippen molar-refractivity contribution in [1.82, 2.24) is 10.3 Å². The van der Waals surface area contributed by atoms with Crippen LogP contribution in [0, 0.1) is 11.3 Å². The Bertz CT molecular complexity index is 473. The highest BCUT2D eigenvalue weighted by molar-refractivity contribution is 5.85. The van der Waals surface area contributed by atoms with E-state index in [-0.39, 0.29) is 24.3 Å². The molecule has 0 bridgehead atoms.